The van der Waals surface area contributed by atoms with Crippen LogP contribution in [0.1, 0.15) is 5.56 Å². The van der Waals surface area contributed by atoms with Crippen molar-refractivity contribution >= 4 is 17.7 Å². The highest BCUT2D eigenvalue weighted by atomic mass is 16.2. The van der Waals surface area contributed by atoms with E-state index in [4.69, 9.17) is 5.73 Å². The summed E-state index contributed by atoms with van der Waals surface area (Å²) in [5.74, 6) is 1.59. The Hall–Kier alpha value is -3.56. The first-order chi connectivity index (χ1) is 15.7. The summed E-state index contributed by atoms with van der Waals surface area (Å²) < 4.78 is 0. The number of nitrogens with two attached hydrogens (primary N) is 1. The molecular formula is C23H28N8O. The number of anilines is 2. The molecule has 0 spiro atoms. The molecule has 1 amide bonds. The number of aromatic nitrogens is 3. The zero-order valence-corrected chi connectivity index (χ0v) is 18.2. The molecule has 32 heavy (non-hydrogen) atoms. The van der Waals surface area contributed by atoms with Gasteiger partial charge < -0.3 is 15.5 Å². The van der Waals surface area contributed by atoms with Crippen molar-refractivity contribution in [2.75, 3.05) is 49.6 Å². The molecule has 3 N–H and O–H groups in total. The highest BCUT2D eigenvalue weighted by molar-refractivity contribution is 5.77. The minimum atomic E-state index is -0.159. The molecule has 9 nitrogen and oxygen atoms in total. The van der Waals surface area contributed by atoms with Crippen LogP contribution in [0.25, 0.3) is 11.1 Å². The fraction of sp³-hybridized carbons (Fsp3) is 0.304. The third-order valence-electron chi connectivity index (χ3n) is 5.52. The van der Waals surface area contributed by atoms with E-state index < -0.39 is 0 Å². The average molecular weight is 433 g/mol. The van der Waals surface area contributed by atoms with E-state index in [2.05, 4.69) is 30.2 Å². The van der Waals surface area contributed by atoms with Gasteiger partial charge in [-0.15, -0.1) is 0 Å². The van der Waals surface area contributed by atoms with Gasteiger partial charge in [-0.05, 0) is 29.3 Å². The van der Waals surface area contributed by atoms with Crippen LogP contribution < -0.4 is 21.0 Å². The second-order valence-corrected chi connectivity index (χ2v) is 7.54. The predicted octanol–water partition coefficient (Wildman–Crippen LogP) is 1.29. The predicted molar refractivity (Wildman–Crippen MR) is 125 cm³/mol. The minimum Gasteiger partial charge on any atom is -0.353 e. The van der Waals surface area contributed by atoms with Crippen LogP contribution >= 0.6 is 0 Å². The number of piperazine rings is 1. The highest BCUT2D eigenvalue weighted by Crippen LogP contribution is 2.22. The van der Waals surface area contributed by atoms with Gasteiger partial charge in [0.2, 0.25) is 5.95 Å². The van der Waals surface area contributed by atoms with E-state index in [9.17, 15) is 4.79 Å². The Kier molecular flexibility index (Phi) is 6.88. The molecule has 1 aliphatic heterocycles. The van der Waals surface area contributed by atoms with Crippen molar-refractivity contribution in [3.63, 3.8) is 0 Å². The highest BCUT2D eigenvalue weighted by Gasteiger charge is 2.20. The Bertz CT molecular complexity index is 1020. The third-order valence-corrected chi connectivity index (χ3v) is 5.52. The lowest BCUT2D eigenvalue weighted by Gasteiger charge is -2.35. The second-order valence-electron chi connectivity index (χ2n) is 7.54. The molecule has 0 saturated carbocycles. The van der Waals surface area contributed by atoms with Crippen LogP contribution in [-0.4, -0.2) is 65.6 Å². The van der Waals surface area contributed by atoms with Gasteiger partial charge in [-0.2, -0.15) is 0 Å². The van der Waals surface area contributed by atoms with Gasteiger partial charge in [0.15, 0.2) is 0 Å². The number of carbonyl (C=O) groups excluding carboxylic acids is 1. The van der Waals surface area contributed by atoms with Crippen LogP contribution in [0, 0.1) is 0 Å². The molecule has 3 heterocycles. The van der Waals surface area contributed by atoms with E-state index in [1.807, 2.05) is 61.1 Å². The average Bonchev–Trinajstić information content (AvgIpc) is 2.88. The summed E-state index contributed by atoms with van der Waals surface area (Å²) in [5, 5.41) is 1.50. The quantitative estimate of drug-likeness (QED) is 0.539. The van der Waals surface area contributed by atoms with Crippen LogP contribution in [-0.2, 0) is 11.3 Å². The molecule has 0 unspecified atom stereocenters. The topological polar surface area (TPSA) is 104 Å². The smallest absolute Gasteiger partial charge is 0.250 e. The van der Waals surface area contributed by atoms with Crippen LogP contribution in [0.3, 0.4) is 0 Å². The van der Waals surface area contributed by atoms with E-state index in [1.54, 1.807) is 7.05 Å². The number of amides is 1. The van der Waals surface area contributed by atoms with Gasteiger partial charge in [-0.3, -0.25) is 9.80 Å². The maximum atomic E-state index is 11.9. The first-order valence-corrected chi connectivity index (χ1v) is 10.7. The summed E-state index contributed by atoms with van der Waals surface area (Å²) in [4.78, 5) is 30.0. The molecule has 1 fully saturated rings. The van der Waals surface area contributed by atoms with E-state index in [1.165, 1.54) is 5.01 Å². The van der Waals surface area contributed by atoms with E-state index in [0.717, 1.165) is 54.6 Å². The third kappa shape index (κ3) is 5.01. The standard InChI is InChI=1S/C23H28N8O/c1-25-31(22(32)14-24)17-18-5-4-6-19(13-18)20-15-27-23(28-16-20)30-11-9-29(10-12-30)21-7-2-3-8-26-21/h2-8,13,15-16,25H,9-12,14,17,24H2,1H3. The number of hydrogen-bond donors (Lipinski definition) is 2. The molecule has 1 aromatic carbocycles. The number of rotatable bonds is 7. The summed E-state index contributed by atoms with van der Waals surface area (Å²) >= 11 is 0. The number of benzene rings is 1. The van der Waals surface area contributed by atoms with Crippen LogP contribution in [0.4, 0.5) is 11.8 Å². The van der Waals surface area contributed by atoms with Gasteiger partial charge in [0.1, 0.15) is 5.82 Å². The van der Waals surface area contributed by atoms with Gasteiger partial charge in [0.05, 0.1) is 13.1 Å². The van der Waals surface area contributed by atoms with Gasteiger partial charge in [-0.25, -0.2) is 20.4 Å². The summed E-state index contributed by atoms with van der Waals surface area (Å²) in [6.45, 7) is 3.86. The number of carbonyl (C=O) groups is 1. The summed E-state index contributed by atoms with van der Waals surface area (Å²) in [6.07, 6.45) is 5.53. The first kappa shape index (κ1) is 21.7. The largest absolute Gasteiger partial charge is 0.353 e. The zero-order chi connectivity index (χ0) is 22.3. The first-order valence-electron chi connectivity index (χ1n) is 10.7. The molecule has 1 saturated heterocycles. The van der Waals surface area contributed by atoms with Crippen molar-refractivity contribution in [2.24, 2.45) is 5.73 Å². The Labute approximate surface area is 187 Å². The van der Waals surface area contributed by atoms with Crippen molar-refractivity contribution in [3.8, 4) is 11.1 Å². The lowest BCUT2D eigenvalue weighted by atomic mass is 10.1. The fourth-order valence-electron chi connectivity index (χ4n) is 3.74. The van der Waals surface area contributed by atoms with Crippen LogP contribution in [0.15, 0.2) is 61.1 Å². The van der Waals surface area contributed by atoms with Crippen LogP contribution in [0.2, 0.25) is 0 Å². The Morgan fingerprint density at radius 2 is 1.75 bits per heavy atom. The second kappa shape index (κ2) is 10.2. The molecule has 0 bridgehead atoms. The van der Waals surface area contributed by atoms with Gasteiger partial charge in [0.25, 0.3) is 5.91 Å². The van der Waals surface area contributed by atoms with E-state index in [-0.39, 0.29) is 12.5 Å². The molecule has 1 aliphatic rings. The zero-order valence-electron chi connectivity index (χ0n) is 18.2. The van der Waals surface area contributed by atoms with Crippen LogP contribution in [0.5, 0.6) is 0 Å². The minimum absolute atomic E-state index is 0.0358. The molecule has 0 atom stereocenters. The molecule has 166 valence electrons. The summed E-state index contributed by atoms with van der Waals surface area (Å²) in [5.41, 5.74) is 11.3. The maximum absolute atomic E-state index is 11.9. The number of hydrazine groups is 1. The maximum Gasteiger partial charge on any atom is 0.250 e. The molecule has 3 aromatic rings. The molecule has 9 heteroatoms. The fourth-order valence-corrected chi connectivity index (χ4v) is 3.74. The van der Waals surface area contributed by atoms with Gasteiger partial charge in [-0.1, -0.05) is 24.3 Å². The summed E-state index contributed by atoms with van der Waals surface area (Å²) in [7, 11) is 1.71. The molecule has 0 aliphatic carbocycles. The van der Waals surface area contributed by atoms with Gasteiger partial charge in [0, 0.05) is 57.4 Å². The van der Waals surface area contributed by atoms with Crippen molar-refractivity contribution in [3.05, 3.63) is 66.6 Å². The molecular weight excluding hydrogens is 404 g/mol. The van der Waals surface area contributed by atoms with E-state index >= 15 is 0 Å². The SMILES string of the molecule is CNN(Cc1cccc(-c2cnc(N3CCN(c4ccccn4)CC3)nc2)c1)C(=O)CN. The molecule has 0 radical (unpaired) electrons. The number of nitrogens with one attached hydrogen (secondary N) is 1. The Morgan fingerprint density at radius 3 is 2.41 bits per heavy atom. The normalized spacial score (nSPS) is 13.8. The van der Waals surface area contributed by atoms with Gasteiger partial charge >= 0.3 is 0 Å². The lowest BCUT2D eigenvalue weighted by Crippen LogP contribution is -2.47. The number of pyridine rings is 1. The number of nitrogens with zero attached hydrogens (tertiary/aromatic N) is 6. The Morgan fingerprint density at radius 1 is 1.00 bits per heavy atom. The Balaban J connectivity index is 1.40. The lowest BCUT2D eigenvalue weighted by molar-refractivity contribution is -0.133. The van der Waals surface area contributed by atoms with Crippen molar-refractivity contribution in [1.29, 1.82) is 0 Å². The van der Waals surface area contributed by atoms with E-state index in [0.29, 0.717) is 6.54 Å². The number of hydrogen-bond acceptors (Lipinski definition) is 8. The molecule has 4 rings (SSSR count). The van der Waals surface area contributed by atoms with Crippen molar-refractivity contribution < 1.29 is 4.79 Å². The van der Waals surface area contributed by atoms with Crippen molar-refractivity contribution in [2.45, 2.75) is 6.54 Å². The van der Waals surface area contributed by atoms with Crippen molar-refractivity contribution in [1.82, 2.24) is 25.4 Å². The summed E-state index contributed by atoms with van der Waals surface area (Å²) in [6, 6.07) is 14.0. The molecule has 2 aromatic heterocycles. The monoisotopic (exact) mass is 432 g/mol.